The molecule has 10 nitrogen and oxygen atoms in total. The van der Waals surface area contributed by atoms with Gasteiger partial charge in [0.15, 0.2) is 5.76 Å². The summed E-state index contributed by atoms with van der Waals surface area (Å²) in [5.41, 5.74) is 4.27. The summed E-state index contributed by atoms with van der Waals surface area (Å²) in [7, 11) is 3.97. The number of aromatic amines is 1. The number of carbonyl (C=O) groups excluding carboxylic acids is 3. The number of carbonyl (C=O) groups is 3. The molecule has 47 heavy (non-hydrogen) atoms. The highest BCUT2D eigenvalue weighted by Crippen LogP contribution is 2.25. The normalized spacial score (nSPS) is 11.0. The van der Waals surface area contributed by atoms with E-state index >= 15 is 0 Å². The molecule has 0 spiro atoms. The molecule has 0 atom stereocenters. The Kier molecular flexibility index (Phi) is 12.6. The maximum Gasteiger partial charge on any atom is 0.287 e. The minimum Gasteiger partial charge on any atom is -0.451 e. The monoisotopic (exact) mass is 698 g/mol. The zero-order valence-corrected chi connectivity index (χ0v) is 28.4. The van der Waals surface area contributed by atoms with E-state index in [1.807, 2.05) is 38.4 Å². The second kappa shape index (κ2) is 16.6. The molecule has 13 heteroatoms. The van der Waals surface area contributed by atoms with Crippen molar-refractivity contribution in [2.45, 2.75) is 6.42 Å². The van der Waals surface area contributed by atoms with Gasteiger partial charge in [0, 0.05) is 70.3 Å². The average Bonchev–Trinajstić information content (AvgIpc) is 3.67. The van der Waals surface area contributed by atoms with Gasteiger partial charge in [0.05, 0.1) is 0 Å². The molecule has 4 N–H and O–H groups in total. The van der Waals surface area contributed by atoms with Crippen LogP contribution in [0.3, 0.4) is 0 Å². The van der Waals surface area contributed by atoms with Crippen LogP contribution in [0.4, 0.5) is 17.1 Å². The predicted octanol–water partition coefficient (Wildman–Crippen LogP) is 6.81. The van der Waals surface area contributed by atoms with Crippen molar-refractivity contribution in [3.05, 3.63) is 89.8 Å². The van der Waals surface area contributed by atoms with Gasteiger partial charge in [0.2, 0.25) is 0 Å². The summed E-state index contributed by atoms with van der Waals surface area (Å²) in [6.07, 6.45) is 0.832. The highest BCUT2D eigenvalue weighted by molar-refractivity contribution is 6.18. The van der Waals surface area contributed by atoms with Crippen LogP contribution in [-0.4, -0.2) is 79.6 Å². The number of nitrogens with one attached hydrogen (secondary N) is 4. The smallest absolute Gasteiger partial charge is 0.287 e. The molecule has 0 saturated carbocycles. The van der Waals surface area contributed by atoms with Crippen LogP contribution in [-0.2, 0) is 0 Å². The maximum absolute atomic E-state index is 13.1. The number of fused-ring (bicyclic) bond motifs is 2. The van der Waals surface area contributed by atoms with Gasteiger partial charge in [0.25, 0.3) is 17.7 Å². The molecular weight excluding hydrogens is 663 g/mol. The fourth-order valence-electron chi connectivity index (χ4n) is 5.05. The lowest BCUT2D eigenvalue weighted by Crippen LogP contribution is -2.27. The van der Waals surface area contributed by atoms with Crippen molar-refractivity contribution in [3.63, 3.8) is 0 Å². The lowest BCUT2D eigenvalue weighted by atomic mass is 10.1. The summed E-state index contributed by atoms with van der Waals surface area (Å²) in [4.78, 5) is 45.8. The molecule has 0 fully saturated rings. The first-order chi connectivity index (χ1) is 22.2. The fourth-order valence-corrected chi connectivity index (χ4v) is 5.46. The van der Waals surface area contributed by atoms with Crippen LogP contribution in [0.1, 0.15) is 37.8 Å². The van der Waals surface area contributed by atoms with Gasteiger partial charge in [-0.25, -0.2) is 0 Å². The molecule has 2 aromatic heterocycles. The summed E-state index contributed by atoms with van der Waals surface area (Å²) in [6, 6.07) is 21.3. The first-order valence-corrected chi connectivity index (χ1v) is 16.0. The molecule has 5 rings (SSSR count). The highest BCUT2D eigenvalue weighted by Gasteiger charge is 2.15. The number of amides is 3. The van der Waals surface area contributed by atoms with Crippen LogP contribution in [0.15, 0.2) is 77.2 Å². The van der Waals surface area contributed by atoms with Gasteiger partial charge in [-0.15, -0.1) is 35.6 Å². The molecule has 3 amide bonds. The summed E-state index contributed by atoms with van der Waals surface area (Å²) in [5.74, 6) is 0.312. The van der Waals surface area contributed by atoms with E-state index < -0.39 is 0 Å². The Morgan fingerprint density at radius 3 is 2.11 bits per heavy atom. The minimum absolute atomic E-state index is 0. The van der Waals surface area contributed by atoms with Gasteiger partial charge in [-0.05, 0) is 99.9 Å². The first kappa shape index (κ1) is 35.6. The minimum atomic E-state index is -0.332. The number of furan rings is 1. The van der Waals surface area contributed by atoms with Crippen LogP contribution in [0.2, 0.25) is 0 Å². The van der Waals surface area contributed by atoms with Crippen LogP contribution >= 0.6 is 35.6 Å². The molecule has 0 bridgehead atoms. The van der Waals surface area contributed by atoms with Crippen molar-refractivity contribution in [3.8, 4) is 0 Å². The number of rotatable bonds is 14. The van der Waals surface area contributed by atoms with Crippen molar-refractivity contribution in [2.24, 2.45) is 0 Å². The number of benzene rings is 3. The van der Waals surface area contributed by atoms with Crippen molar-refractivity contribution >= 4 is 92.3 Å². The third kappa shape index (κ3) is 9.20. The van der Waals surface area contributed by atoms with Gasteiger partial charge in [-0.1, -0.05) is 0 Å². The molecule has 2 heterocycles. The van der Waals surface area contributed by atoms with Gasteiger partial charge >= 0.3 is 0 Å². The zero-order valence-electron chi connectivity index (χ0n) is 26.1. The van der Waals surface area contributed by atoms with Gasteiger partial charge in [-0.2, -0.15) is 0 Å². The lowest BCUT2D eigenvalue weighted by Gasteiger charge is -2.22. The van der Waals surface area contributed by atoms with E-state index in [0.717, 1.165) is 29.6 Å². The topological polar surface area (TPSA) is 123 Å². The number of H-pyrrole nitrogens is 1. The fraction of sp³-hybridized carbons (Fsp3) is 0.265. The first-order valence-electron chi connectivity index (χ1n) is 14.9. The Morgan fingerprint density at radius 1 is 0.766 bits per heavy atom. The average molecular weight is 700 g/mol. The number of nitrogens with zero attached hydrogens (tertiary/aromatic N) is 2. The van der Waals surface area contributed by atoms with Crippen LogP contribution in [0, 0.1) is 0 Å². The number of aromatic nitrogens is 1. The van der Waals surface area contributed by atoms with Crippen molar-refractivity contribution in [2.75, 3.05) is 67.6 Å². The number of alkyl halides is 2. The molecule has 0 aliphatic rings. The molecule has 5 aromatic rings. The van der Waals surface area contributed by atoms with E-state index in [1.165, 1.54) is 0 Å². The molecule has 0 saturated heterocycles. The molecule has 0 aliphatic carbocycles. The van der Waals surface area contributed by atoms with Crippen molar-refractivity contribution in [1.29, 1.82) is 0 Å². The van der Waals surface area contributed by atoms with E-state index in [0.29, 0.717) is 65.0 Å². The second-order valence-corrected chi connectivity index (χ2v) is 11.8. The maximum atomic E-state index is 13.1. The number of hydrogen-bond donors (Lipinski definition) is 4. The SMILES string of the molecule is CN(C)CCCNC(=O)c1cc2cc(NC(=O)c3cc4cc(NC(=O)c5ccc(N(CCCl)CCCl)cc5)ccc4[nH]3)ccc2o1.Cl. The lowest BCUT2D eigenvalue weighted by molar-refractivity contribution is 0.0925. The van der Waals surface area contributed by atoms with E-state index in [-0.39, 0.29) is 35.9 Å². The Morgan fingerprint density at radius 2 is 1.43 bits per heavy atom. The Balaban J connectivity index is 0.00000500. The number of hydrogen-bond acceptors (Lipinski definition) is 6. The van der Waals surface area contributed by atoms with E-state index in [4.69, 9.17) is 27.6 Å². The quantitative estimate of drug-likeness (QED) is 0.0747. The third-order valence-corrected chi connectivity index (χ3v) is 7.73. The summed E-state index contributed by atoms with van der Waals surface area (Å²) in [5, 5.41) is 10.2. The second-order valence-electron chi connectivity index (χ2n) is 11.1. The summed E-state index contributed by atoms with van der Waals surface area (Å²) < 4.78 is 5.71. The number of halogens is 3. The van der Waals surface area contributed by atoms with Gasteiger partial charge < -0.3 is 35.2 Å². The summed E-state index contributed by atoms with van der Waals surface area (Å²) >= 11 is 11.8. The molecule has 3 aromatic carbocycles. The van der Waals surface area contributed by atoms with Crippen LogP contribution in [0.25, 0.3) is 21.9 Å². The molecule has 0 aliphatic heterocycles. The van der Waals surface area contributed by atoms with E-state index in [9.17, 15) is 14.4 Å². The van der Waals surface area contributed by atoms with Gasteiger partial charge in [0.1, 0.15) is 11.3 Å². The standard InChI is InChI=1S/C34H36Cl2N6O4.ClH/c1-41(2)15-3-14-37-34(45)31-21-24-19-26(7-11-30(24)46-31)39-33(44)29-20-23-18-25(6-10-28(23)40-29)38-32(43)22-4-8-27(9-5-22)42(16-12-35)17-13-36;/h4-11,18-21,40H,3,12-17H2,1-2H3,(H,37,45)(H,38,43)(H,39,44);1H. The Bertz CT molecular complexity index is 1830. The van der Waals surface area contributed by atoms with Crippen LogP contribution < -0.4 is 20.9 Å². The molecular formula is C34H37Cl3N6O4. The van der Waals surface area contributed by atoms with E-state index in [2.05, 4.69) is 30.7 Å². The van der Waals surface area contributed by atoms with E-state index in [1.54, 1.807) is 48.5 Å². The number of anilines is 3. The molecule has 248 valence electrons. The predicted molar refractivity (Wildman–Crippen MR) is 193 cm³/mol. The van der Waals surface area contributed by atoms with Crippen LogP contribution in [0.5, 0.6) is 0 Å². The highest BCUT2D eigenvalue weighted by atomic mass is 35.5. The zero-order chi connectivity index (χ0) is 32.6. The molecule has 0 unspecified atom stereocenters. The Labute approximate surface area is 289 Å². The van der Waals surface area contributed by atoms with Crippen molar-refractivity contribution < 1.29 is 18.8 Å². The van der Waals surface area contributed by atoms with Gasteiger partial charge in [-0.3, -0.25) is 14.4 Å². The largest absolute Gasteiger partial charge is 0.451 e. The third-order valence-electron chi connectivity index (χ3n) is 7.39. The Hall–Kier alpha value is -4.22. The molecule has 0 radical (unpaired) electrons. The van der Waals surface area contributed by atoms with Crippen molar-refractivity contribution in [1.82, 2.24) is 15.2 Å². The summed E-state index contributed by atoms with van der Waals surface area (Å²) in [6.45, 7) is 2.74.